The summed E-state index contributed by atoms with van der Waals surface area (Å²) >= 11 is 0. The lowest BCUT2D eigenvalue weighted by atomic mass is 10.0. The van der Waals surface area contributed by atoms with Gasteiger partial charge >= 0.3 is 5.97 Å². The van der Waals surface area contributed by atoms with Crippen LogP contribution >= 0.6 is 0 Å². The average Bonchev–Trinajstić information content (AvgIpc) is 2.52. The first-order valence-electron chi connectivity index (χ1n) is 9.90. The Morgan fingerprint density at radius 2 is 0.913 bits per heavy atom. The van der Waals surface area contributed by atoms with Crippen LogP contribution in [0, 0.1) is 0 Å². The van der Waals surface area contributed by atoms with E-state index in [-0.39, 0.29) is 6.42 Å². The molecular weight excluding hydrogens is 288 g/mol. The molecule has 0 rings (SSSR count). The van der Waals surface area contributed by atoms with Crippen LogP contribution in [0.5, 0.6) is 0 Å². The fraction of sp³-hybridized carbons (Fsp3) is 0.900. The lowest BCUT2D eigenvalue weighted by molar-refractivity contribution is -0.137. The molecule has 0 radical (unpaired) electrons. The third-order valence-electron chi connectivity index (χ3n) is 4.41. The summed E-state index contributed by atoms with van der Waals surface area (Å²) in [6, 6.07) is 0. The SMILES string of the molecule is CCCCCCCCCCCCC(=O)CCCCCCC(=O)O. The maximum absolute atomic E-state index is 11.7. The molecule has 0 fully saturated rings. The molecule has 0 bridgehead atoms. The Labute approximate surface area is 143 Å². The quantitative estimate of drug-likeness (QED) is 0.301. The summed E-state index contributed by atoms with van der Waals surface area (Å²) in [5.74, 6) is -0.329. The van der Waals surface area contributed by atoms with Gasteiger partial charge in [-0.15, -0.1) is 0 Å². The van der Waals surface area contributed by atoms with Crippen LogP contribution in [0.4, 0.5) is 0 Å². The van der Waals surface area contributed by atoms with Crippen LogP contribution in [0.1, 0.15) is 116 Å². The Morgan fingerprint density at radius 1 is 0.565 bits per heavy atom. The van der Waals surface area contributed by atoms with Crippen LogP contribution < -0.4 is 0 Å². The molecule has 0 aromatic heterocycles. The molecule has 0 spiro atoms. The number of carboxylic acid groups (broad SMARTS) is 1. The first-order valence-corrected chi connectivity index (χ1v) is 9.90. The summed E-state index contributed by atoms with van der Waals surface area (Å²) in [7, 11) is 0. The number of hydrogen-bond donors (Lipinski definition) is 1. The minimum atomic E-state index is -0.720. The van der Waals surface area contributed by atoms with Crippen LogP contribution in [0.3, 0.4) is 0 Å². The molecule has 0 heterocycles. The van der Waals surface area contributed by atoms with Gasteiger partial charge in [-0.3, -0.25) is 9.59 Å². The summed E-state index contributed by atoms with van der Waals surface area (Å²) in [4.78, 5) is 22.1. The lowest BCUT2D eigenvalue weighted by Gasteiger charge is -2.03. The van der Waals surface area contributed by atoms with Crippen molar-refractivity contribution in [3.8, 4) is 0 Å². The average molecular weight is 327 g/mol. The van der Waals surface area contributed by atoms with Gasteiger partial charge in [0.2, 0.25) is 0 Å². The highest BCUT2D eigenvalue weighted by Crippen LogP contribution is 2.12. The molecule has 0 saturated heterocycles. The molecule has 23 heavy (non-hydrogen) atoms. The van der Waals surface area contributed by atoms with Crippen molar-refractivity contribution < 1.29 is 14.7 Å². The second kappa shape index (κ2) is 17.5. The molecule has 0 amide bonds. The van der Waals surface area contributed by atoms with Crippen LogP contribution in [-0.4, -0.2) is 16.9 Å². The predicted octanol–water partition coefficient (Wildman–Crippen LogP) is 6.29. The van der Waals surface area contributed by atoms with E-state index < -0.39 is 5.97 Å². The zero-order valence-electron chi connectivity index (χ0n) is 15.3. The fourth-order valence-electron chi connectivity index (χ4n) is 2.89. The minimum absolute atomic E-state index is 0.256. The van der Waals surface area contributed by atoms with Crippen molar-refractivity contribution in [1.82, 2.24) is 0 Å². The second-order valence-electron chi connectivity index (χ2n) is 6.78. The number of hydrogen-bond acceptors (Lipinski definition) is 2. The van der Waals surface area contributed by atoms with E-state index in [0.29, 0.717) is 12.2 Å². The Balaban J connectivity index is 3.17. The van der Waals surface area contributed by atoms with E-state index in [1.807, 2.05) is 0 Å². The number of carbonyl (C=O) groups excluding carboxylic acids is 1. The monoisotopic (exact) mass is 326 g/mol. The third kappa shape index (κ3) is 19.1. The summed E-state index contributed by atoms with van der Waals surface area (Å²) in [5, 5.41) is 8.53. The zero-order valence-corrected chi connectivity index (χ0v) is 15.3. The molecule has 0 aliphatic rings. The number of aliphatic carboxylic acids is 1. The van der Waals surface area contributed by atoms with E-state index in [9.17, 15) is 9.59 Å². The van der Waals surface area contributed by atoms with Crippen LogP contribution in [0.2, 0.25) is 0 Å². The minimum Gasteiger partial charge on any atom is -0.481 e. The van der Waals surface area contributed by atoms with Crippen molar-refractivity contribution >= 4 is 11.8 Å². The smallest absolute Gasteiger partial charge is 0.303 e. The molecule has 136 valence electrons. The molecule has 1 N–H and O–H groups in total. The van der Waals surface area contributed by atoms with Crippen molar-refractivity contribution in [2.45, 2.75) is 116 Å². The lowest BCUT2D eigenvalue weighted by Crippen LogP contribution is -1.98. The highest BCUT2D eigenvalue weighted by molar-refractivity contribution is 5.78. The van der Waals surface area contributed by atoms with Gasteiger partial charge in [0.15, 0.2) is 0 Å². The van der Waals surface area contributed by atoms with E-state index in [2.05, 4.69) is 6.92 Å². The van der Waals surface area contributed by atoms with Gasteiger partial charge in [0.1, 0.15) is 5.78 Å². The number of carboxylic acids is 1. The van der Waals surface area contributed by atoms with Gasteiger partial charge < -0.3 is 5.11 Å². The van der Waals surface area contributed by atoms with Crippen molar-refractivity contribution in [2.24, 2.45) is 0 Å². The van der Waals surface area contributed by atoms with Crippen molar-refractivity contribution in [2.75, 3.05) is 0 Å². The maximum Gasteiger partial charge on any atom is 0.303 e. The molecule has 0 aliphatic heterocycles. The molecule has 0 aliphatic carbocycles. The topological polar surface area (TPSA) is 54.4 Å². The highest BCUT2D eigenvalue weighted by atomic mass is 16.4. The van der Waals surface area contributed by atoms with Crippen molar-refractivity contribution in [1.29, 1.82) is 0 Å². The molecule has 0 aromatic rings. The largest absolute Gasteiger partial charge is 0.481 e. The molecule has 0 unspecified atom stereocenters. The molecule has 3 heteroatoms. The van der Waals surface area contributed by atoms with E-state index >= 15 is 0 Å². The maximum atomic E-state index is 11.7. The number of rotatable bonds is 18. The first kappa shape index (κ1) is 22.1. The van der Waals surface area contributed by atoms with E-state index in [0.717, 1.165) is 38.5 Å². The van der Waals surface area contributed by atoms with E-state index in [4.69, 9.17) is 5.11 Å². The highest BCUT2D eigenvalue weighted by Gasteiger charge is 2.02. The fourth-order valence-corrected chi connectivity index (χ4v) is 2.89. The van der Waals surface area contributed by atoms with Crippen LogP contribution in [0.25, 0.3) is 0 Å². The van der Waals surface area contributed by atoms with Crippen molar-refractivity contribution in [3.05, 3.63) is 0 Å². The van der Waals surface area contributed by atoms with Gasteiger partial charge in [-0.05, 0) is 19.3 Å². The zero-order chi connectivity index (χ0) is 17.2. The van der Waals surface area contributed by atoms with Gasteiger partial charge in [0.05, 0.1) is 0 Å². The Hall–Kier alpha value is -0.860. The van der Waals surface area contributed by atoms with Crippen LogP contribution in [-0.2, 0) is 9.59 Å². The standard InChI is InChI=1S/C20H38O3/c1-2-3-4-5-6-7-8-9-10-13-16-19(21)17-14-11-12-15-18-20(22)23/h2-18H2,1H3,(H,22,23). The predicted molar refractivity (Wildman–Crippen MR) is 96.8 cm³/mol. The summed E-state index contributed by atoms with van der Waals surface area (Å²) in [5.41, 5.74) is 0. The van der Waals surface area contributed by atoms with Gasteiger partial charge in [-0.2, -0.15) is 0 Å². The van der Waals surface area contributed by atoms with Gasteiger partial charge in [0, 0.05) is 19.3 Å². The normalized spacial score (nSPS) is 10.8. The molecule has 3 nitrogen and oxygen atoms in total. The van der Waals surface area contributed by atoms with E-state index in [1.165, 1.54) is 57.8 Å². The number of Topliss-reactive ketones (excluding diaryl/α,β-unsaturated/α-hetero) is 1. The second-order valence-corrected chi connectivity index (χ2v) is 6.78. The number of carbonyl (C=O) groups is 2. The number of unbranched alkanes of at least 4 members (excludes halogenated alkanes) is 12. The Morgan fingerprint density at radius 3 is 1.30 bits per heavy atom. The first-order chi connectivity index (χ1) is 11.2. The molecule has 0 saturated carbocycles. The van der Waals surface area contributed by atoms with Crippen molar-refractivity contribution in [3.63, 3.8) is 0 Å². The molecule has 0 atom stereocenters. The third-order valence-corrected chi connectivity index (χ3v) is 4.41. The summed E-state index contributed by atoms with van der Waals surface area (Å²) in [6.45, 7) is 2.25. The van der Waals surface area contributed by atoms with Gasteiger partial charge in [-0.1, -0.05) is 77.6 Å². The number of ketones is 1. The van der Waals surface area contributed by atoms with E-state index in [1.54, 1.807) is 0 Å². The van der Waals surface area contributed by atoms with Crippen LogP contribution in [0.15, 0.2) is 0 Å². The summed E-state index contributed by atoms with van der Waals surface area (Å²) in [6.07, 6.45) is 18.3. The Kier molecular flexibility index (Phi) is 16.8. The van der Waals surface area contributed by atoms with Gasteiger partial charge in [-0.25, -0.2) is 0 Å². The van der Waals surface area contributed by atoms with Gasteiger partial charge in [0.25, 0.3) is 0 Å². The molecule has 0 aromatic carbocycles. The Bertz CT molecular complexity index is 287. The summed E-state index contributed by atoms with van der Waals surface area (Å²) < 4.78 is 0. The molecular formula is C20H38O3.